The van der Waals surface area contributed by atoms with Crippen molar-refractivity contribution < 1.29 is 26.5 Å². The second-order valence-corrected chi connectivity index (χ2v) is 9.90. The zero-order valence-corrected chi connectivity index (χ0v) is 21.6. The molecule has 1 aromatic carbocycles. The molecule has 0 saturated heterocycles. The molecular formula is C28H28F4N6O. The Balaban J connectivity index is 1.77. The van der Waals surface area contributed by atoms with E-state index in [4.69, 9.17) is 4.11 Å². The molecular weight excluding hydrogens is 512 g/mol. The molecule has 39 heavy (non-hydrogen) atoms. The molecule has 3 aromatic heterocycles. The van der Waals surface area contributed by atoms with Gasteiger partial charge in [0.05, 0.1) is 23.3 Å². The molecule has 0 spiro atoms. The van der Waals surface area contributed by atoms with Gasteiger partial charge in [0, 0.05) is 40.0 Å². The molecule has 11 heteroatoms. The summed E-state index contributed by atoms with van der Waals surface area (Å²) in [6.07, 6.45) is -2.61. The largest absolute Gasteiger partial charge is 0.417 e. The minimum Gasteiger partial charge on any atom is -0.365 e. The lowest BCUT2D eigenvalue weighted by molar-refractivity contribution is -0.137. The number of amides is 1. The fraction of sp³-hybridized carbons (Fsp3) is 0.286. The monoisotopic (exact) mass is 543 g/mol. The van der Waals surface area contributed by atoms with Gasteiger partial charge in [-0.15, -0.1) is 0 Å². The van der Waals surface area contributed by atoms with Gasteiger partial charge in [-0.3, -0.25) is 14.8 Å². The van der Waals surface area contributed by atoms with Crippen molar-refractivity contribution in [2.24, 2.45) is 0 Å². The van der Waals surface area contributed by atoms with Crippen molar-refractivity contribution >= 4 is 28.4 Å². The first-order valence-corrected chi connectivity index (χ1v) is 11.9. The topological polar surface area (TPSA) is 74.2 Å². The van der Waals surface area contributed by atoms with Crippen LogP contribution in [0, 0.1) is 12.7 Å². The number of nitrogens with one attached hydrogen (secondary N) is 1. The maximum atomic E-state index is 14.7. The van der Waals surface area contributed by atoms with Crippen LogP contribution in [-0.2, 0) is 12.7 Å². The van der Waals surface area contributed by atoms with E-state index in [2.05, 4.69) is 20.3 Å². The number of rotatable bonds is 6. The summed E-state index contributed by atoms with van der Waals surface area (Å²) in [7, 11) is 1.38. The Bertz CT molecular complexity index is 1610. The normalized spacial score (nSPS) is 13.4. The average molecular weight is 544 g/mol. The van der Waals surface area contributed by atoms with Gasteiger partial charge < -0.3 is 5.32 Å². The number of aryl methyl sites for hydroxylation is 1. The second kappa shape index (κ2) is 10.5. The van der Waals surface area contributed by atoms with E-state index >= 15 is 0 Å². The van der Waals surface area contributed by atoms with Crippen molar-refractivity contribution in [2.45, 2.75) is 45.9 Å². The number of carbonyl (C=O) groups is 1. The molecule has 0 fully saturated rings. The first-order valence-electron chi connectivity index (χ1n) is 13.4. The SMILES string of the molecule is [2H]C([2H])([2H])c1cc2cc(C(=O)N(Cc3ccc(C(F)(F)F)cn3)N(C)c3ncccc3F)ccc2nc1NC(C)(C)C. The van der Waals surface area contributed by atoms with E-state index in [-0.39, 0.29) is 35.0 Å². The van der Waals surface area contributed by atoms with Crippen LogP contribution in [0.15, 0.2) is 60.9 Å². The lowest BCUT2D eigenvalue weighted by Gasteiger charge is -2.32. The molecule has 0 aliphatic carbocycles. The van der Waals surface area contributed by atoms with E-state index in [1.165, 1.54) is 37.5 Å². The number of carbonyl (C=O) groups excluding carboxylic acids is 1. The van der Waals surface area contributed by atoms with Crippen LogP contribution in [0.2, 0.25) is 0 Å². The quantitative estimate of drug-likeness (QED) is 0.224. The summed E-state index contributed by atoms with van der Waals surface area (Å²) in [5.41, 5.74) is -0.855. The Kier molecular flexibility index (Phi) is 6.39. The van der Waals surface area contributed by atoms with Gasteiger partial charge in [-0.05, 0) is 81.7 Å². The Morgan fingerprint density at radius 1 is 1.08 bits per heavy atom. The number of hydrogen-bond donors (Lipinski definition) is 1. The number of fused-ring (bicyclic) bond motifs is 1. The summed E-state index contributed by atoms with van der Waals surface area (Å²) in [5, 5.41) is 5.70. The molecule has 0 saturated carbocycles. The molecule has 0 atom stereocenters. The Morgan fingerprint density at radius 2 is 1.85 bits per heavy atom. The molecule has 4 aromatic rings. The molecule has 3 heterocycles. The average Bonchev–Trinajstić information content (AvgIpc) is 2.89. The summed E-state index contributed by atoms with van der Waals surface area (Å²) in [6.45, 7) is 2.77. The third kappa shape index (κ3) is 6.42. The van der Waals surface area contributed by atoms with Crippen molar-refractivity contribution in [1.29, 1.82) is 0 Å². The van der Waals surface area contributed by atoms with Gasteiger partial charge in [-0.1, -0.05) is 0 Å². The molecule has 0 aliphatic heterocycles. The standard InChI is InChI=1S/C28H28F4N6O/c1-17-13-19-14-18(8-11-23(19)35-24(17)36-27(2,3)4)26(39)38(37(5)25-22(29)7-6-12-33-25)16-21-10-9-20(15-34-21)28(30,31)32/h6-15H,16H2,1-5H3,(H,35,36)/i1D3. The number of alkyl halides is 3. The minimum absolute atomic E-state index is 0.0343. The predicted octanol–water partition coefficient (Wildman–Crippen LogP) is 6.40. The van der Waals surface area contributed by atoms with Crippen LogP contribution >= 0.6 is 0 Å². The second-order valence-electron chi connectivity index (χ2n) is 9.90. The minimum atomic E-state index is -4.59. The third-order valence-electron chi connectivity index (χ3n) is 5.66. The molecule has 7 nitrogen and oxygen atoms in total. The smallest absolute Gasteiger partial charge is 0.365 e. The van der Waals surface area contributed by atoms with E-state index in [1.54, 1.807) is 6.07 Å². The van der Waals surface area contributed by atoms with Crippen LogP contribution in [0.5, 0.6) is 0 Å². The third-order valence-corrected chi connectivity index (χ3v) is 5.66. The van der Waals surface area contributed by atoms with Gasteiger partial charge in [-0.2, -0.15) is 13.2 Å². The highest BCUT2D eigenvalue weighted by molar-refractivity contribution is 5.99. The lowest BCUT2D eigenvalue weighted by Crippen LogP contribution is -2.45. The fourth-order valence-corrected chi connectivity index (χ4v) is 3.79. The van der Waals surface area contributed by atoms with Crippen LogP contribution < -0.4 is 10.3 Å². The summed E-state index contributed by atoms with van der Waals surface area (Å²) in [5.74, 6) is -1.42. The van der Waals surface area contributed by atoms with E-state index in [0.717, 1.165) is 28.2 Å². The highest BCUT2D eigenvalue weighted by Crippen LogP contribution is 2.29. The summed E-state index contributed by atoms with van der Waals surface area (Å²) in [6, 6.07) is 10.4. The van der Waals surface area contributed by atoms with Crippen molar-refractivity contribution in [3.8, 4) is 0 Å². The first-order chi connectivity index (χ1) is 19.4. The van der Waals surface area contributed by atoms with Gasteiger partial charge in [0.1, 0.15) is 5.82 Å². The molecule has 4 rings (SSSR count). The van der Waals surface area contributed by atoms with Crippen LogP contribution in [0.4, 0.5) is 29.2 Å². The highest BCUT2D eigenvalue weighted by Gasteiger charge is 2.31. The molecule has 0 unspecified atom stereocenters. The van der Waals surface area contributed by atoms with Gasteiger partial charge in [-0.25, -0.2) is 19.4 Å². The first kappa shape index (κ1) is 23.8. The van der Waals surface area contributed by atoms with E-state index in [1.807, 2.05) is 20.8 Å². The van der Waals surface area contributed by atoms with Crippen LogP contribution in [0.1, 0.15) is 52.1 Å². The van der Waals surface area contributed by atoms with E-state index < -0.39 is 35.9 Å². The molecule has 1 N–H and O–H groups in total. The Labute approximate surface area is 227 Å². The summed E-state index contributed by atoms with van der Waals surface area (Å²) in [4.78, 5) is 26.2. The fourth-order valence-electron chi connectivity index (χ4n) is 3.79. The number of benzene rings is 1. The molecule has 204 valence electrons. The van der Waals surface area contributed by atoms with Crippen LogP contribution in [0.3, 0.4) is 0 Å². The predicted molar refractivity (Wildman–Crippen MR) is 142 cm³/mol. The highest BCUT2D eigenvalue weighted by atomic mass is 19.4. The Hall–Kier alpha value is -4.28. The number of halogens is 4. The summed E-state index contributed by atoms with van der Waals surface area (Å²) >= 11 is 0. The van der Waals surface area contributed by atoms with Crippen LogP contribution in [-0.4, -0.2) is 38.5 Å². The number of hydrogen-bond acceptors (Lipinski definition) is 6. The molecule has 0 aliphatic rings. The molecule has 1 amide bonds. The van der Waals surface area contributed by atoms with Crippen molar-refractivity contribution in [3.05, 3.63) is 89.1 Å². The number of nitrogens with zero attached hydrogens (tertiary/aromatic N) is 5. The van der Waals surface area contributed by atoms with Crippen molar-refractivity contribution in [1.82, 2.24) is 20.0 Å². The molecule has 0 radical (unpaired) electrons. The molecule has 0 bridgehead atoms. The maximum absolute atomic E-state index is 14.7. The van der Waals surface area contributed by atoms with Gasteiger partial charge in [0.2, 0.25) is 0 Å². The van der Waals surface area contributed by atoms with E-state index in [9.17, 15) is 22.4 Å². The number of anilines is 2. The van der Waals surface area contributed by atoms with Crippen molar-refractivity contribution in [3.63, 3.8) is 0 Å². The number of hydrazine groups is 1. The maximum Gasteiger partial charge on any atom is 0.417 e. The van der Waals surface area contributed by atoms with Gasteiger partial charge in [0.25, 0.3) is 5.91 Å². The van der Waals surface area contributed by atoms with Gasteiger partial charge in [0.15, 0.2) is 11.6 Å². The number of aromatic nitrogens is 3. The zero-order valence-electron chi connectivity index (χ0n) is 24.6. The van der Waals surface area contributed by atoms with Gasteiger partial charge >= 0.3 is 6.18 Å². The number of pyridine rings is 3. The lowest BCUT2D eigenvalue weighted by atomic mass is 10.1. The van der Waals surface area contributed by atoms with E-state index in [0.29, 0.717) is 17.1 Å². The zero-order chi connectivity index (χ0) is 31.0. The van der Waals surface area contributed by atoms with Crippen molar-refractivity contribution in [2.75, 3.05) is 17.4 Å². The van der Waals surface area contributed by atoms with Crippen LogP contribution in [0.25, 0.3) is 10.9 Å². The summed E-state index contributed by atoms with van der Waals surface area (Å²) < 4.78 is 77.8. The Morgan fingerprint density at radius 3 is 2.46 bits per heavy atom.